The number of Topliss-reactive ketones (excluding diaryl/α,β-unsaturated/α-hetero) is 1. The second-order valence-corrected chi connectivity index (χ2v) is 3.48. The molecule has 0 bridgehead atoms. The Hall–Kier alpha value is -1.65. The molecule has 0 fully saturated rings. The number of hydrogen-bond acceptors (Lipinski definition) is 3. The van der Waals surface area contributed by atoms with E-state index in [0.29, 0.717) is 12.5 Å². The van der Waals surface area contributed by atoms with Gasteiger partial charge in [0.2, 0.25) is 0 Å². The van der Waals surface area contributed by atoms with Gasteiger partial charge in [-0.15, -0.1) is 0 Å². The first kappa shape index (κ1) is 10.4. The van der Waals surface area contributed by atoms with E-state index in [-0.39, 0.29) is 5.56 Å². The number of hydrogen-bond donors (Lipinski definition) is 1. The van der Waals surface area contributed by atoms with Gasteiger partial charge in [-0.05, 0) is 5.92 Å². The van der Waals surface area contributed by atoms with Crippen LogP contribution in [-0.2, 0) is 11.3 Å². The summed E-state index contributed by atoms with van der Waals surface area (Å²) in [5.41, 5.74) is 0.123. The fourth-order valence-electron chi connectivity index (χ4n) is 1.08. The highest BCUT2D eigenvalue weighted by Gasteiger charge is 2.16. The van der Waals surface area contributed by atoms with Crippen LogP contribution in [-0.4, -0.2) is 26.6 Å². The number of nitrogens with zero attached hydrogens (tertiary/aromatic N) is 2. The third-order valence-corrected chi connectivity index (χ3v) is 1.64. The van der Waals surface area contributed by atoms with E-state index in [1.54, 1.807) is 4.68 Å². The van der Waals surface area contributed by atoms with Crippen LogP contribution in [0.25, 0.3) is 0 Å². The first-order chi connectivity index (χ1) is 6.50. The molecule has 76 valence electrons. The predicted octanol–water partition coefficient (Wildman–Crippen LogP) is 0.806. The van der Waals surface area contributed by atoms with Crippen LogP contribution in [0.1, 0.15) is 24.2 Å². The summed E-state index contributed by atoms with van der Waals surface area (Å²) in [7, 11) is 0. The molecule has 1 aromatic heterocycles. The maximum atomic E-state index is 11.0. The number of rotatable bonds is 4. The first-order valence-electron chi connectivity index (χ1n) is 4.30. The third-order valence-electron chi connectivity index (χ3n) is 1.64. The summed E-state index contributed by atoms with van der Waals surface area (Å²) in [6.07, 6.45) is 2.73. The van der Waals surface area contributed by atoms with E-state index in [0.717, 1.165) is 0 Å². The zero-order valence-corrected chi connectivity index (χ0v) is 8.10. The molecule has 0 aliphatic rings. The lowest BCUT2D eigenvalue weighted by molar-refractivity contribution is -0.131. The highest BCUT2D eigenvalue weighted by Crippen LogP contribution is 2.02. The van der Waals surface area contributed by atoms with Gasteiger partial charge in [-0.2, -0.15) is 5.10 Å². The zero-order chi connectivity index (χ0) is 10.7. The number of aliphatic carboxylic acids is 1. The van der Waals surface area contributed by atoms with Crippen LogP contribution in [0.5, 0.6) is 0 Å². The molecule has 5 heteroatoms. The average Bonchev–Trinajstić information content (AvgIpc) is 2.50. The van der Waals surface area contributed by atoms with E-state index in [1.807, 2.05) is 13.8 Å². The molecule has 0 aliphatic carbocycles. The van der Waals surface area contributed by atoms with Gasteiger partial charge in [-0.1, -0.05) is 13.8 Å². The van der Waals surface area contributed by atoms with Crippen molar-refractivity contribution in [2.24, 2.45) is 5.92 Å². The lowest BCUT2D eigenvalue weighted by Crippen LogP contribution is -2.12. The second kappa shape index (κ2) is 4.04. The molecule has 0 aromatic carbocycles. The molecular weight excluding hydrogens is 184 g/mol. The van der Waals surface area contributed by atoms with Gasteiger partial charge in [0.05, 0.1) is 11.8 Å². The molecule has 1 N–H and O–H groups in total. The summed E-state index contributed by atoms with van der Waals surface area (Å²) in [4.78, 5) is 21.3. The Bertz CT molecular complexity index is 355. The molecule has 1 aromatic rings. The quantitative estimate of drug-likeness (QED) is 0.571. The zero-order valence-electron chi connectivity index (χ0n) is 8.10. The molecule has 5 nitrogen and oxygen atoms in total. The standard InChI is InChI=1S/C9H12N2O3/c1-6(2)4-11-5-7(3-10-11)8(12)9(13)14/h3,5-6H,4H2,1-2H3,(H,13,14). The minimum absolute atomic E-state index is 0.123. The van der Waals surface area contributed by atoms with E-state index >= 15 is 0 Å². The minimum atomic E-state index is -1.45. The summed E-state index contributed by atoms with van der Waals surface area (Å²) >= 11 is 0. The molecule has 0 atom stereocenters. The fourth-order valence-corrected chi connectivity index (χ4v) is 1.08. The van der Waals surface area contributed by atoms with Gasteiger partial charge in [0.25, 0.3) is 5.78 Å². The maximum Gasteiger partial charge on any atom is 0.377 e. The highest BCUT2D eigenvalue weighted by atomic mass is 16.4. The molecule has 0 unspecified atom stereocenters. The van der Waals surface area contributed by atoms with Crippen molar-refractivity contribution >= 4 is 11.8 Å². The first-order valence-corrected chi connectivity index (χ1v) is 4.30. The Morgan fingerprint density at radius 1 is 1.57 bits per heavy atom. The van der Waals surface area contributed by atoms with Crippen LogP contribution in [0.3, 0.4) is 0 Å². The van der Waals surface area contributed by atoms with E-state index in [2.05, 4.69) is 5.10 Å². The van der Waals surface area contributed by atoms with Gasteiger partial charge in [0.1, 0.15) is 0 Å². The van der Waals surface area contributed by atoms with Gasteiger partial charge in [-0.25, -0.2) is 4.79 Å². The number of carbonyl (C=O) groups excluding carboxylic acids is 1. The van der Waals surface area contributed by atoms with Gasteiger partial charge in [0, 0.05) is 12.7 Å². The van der Waals surface area contributed by atoms with Crippen molar-refractivity contribution in [2.75, 3.05) is 0 Å². The fraction of sp³-hybridized carbons (Fsp3) is 0.444. The molecule has 0 radical (unpaired) electrons. The Labute approximate surface area is 81.3 Å². The number of carbonyl (C=O) groups is 2. The smallest absolute Gasteiger partial charge is 0.377 e. The minimum Gasteiger partial charge on any atom is -0.475 e. The molecule has 0 aliphatic heterocycles. The summed E-state index contributed by atoms with van der Waals surface area (Å²) in [6, 6.07) is 0. The van der Waals surface area contributed by atoms with Crippen LogP contribution in [0.2, 0.25) is 0 Å². The van der Waals surface area contributed by atoms with Crippen LogP contribution in [0.4, 0.5) is 0 Å². The van der Waals surface area contributed by atoms with Gasteiger partial charge in [0.15, 0.2) is 0 Å². The Balaban J connectivity index is 2.78. The molecular formula is C9H12N2O3. The Morgan fingerprint density at radius 3 is 2.71 bits per heavy atom. The topological polar surface area (TPSA) is 72.2 Å². The monoisotopic (exact) mass is 196 g/mol. The van der Waals surface area contributed by atoms with Crippen molar-refractivity contribution in [3.05, 3.63) is 18.0 Å². The van der Waals surface area contributed by atoms with Crippen molar-refractivity contribution < 1.29 is 14.7 Å². The van der Waals surface area contributed by atoms with Crippen LogP contribution >= 0.6 is 0 Å². The molecule has 0 spiro atoms. The molecule has 1 rings (SSSR count). The SMILES string of the molecule is CC(C)Cn1cc(C(=O)C(=O)O)cn1. The summed E-state index contributed by atoms with van der Waals surface area (Å²) in [6.45, 7) is 4.70. The Morgan fingerprint density at radius 2 is 2.21 bits per heavy atom. The second-order valence-electron chi connectivity index (χ2n) is 3.48. The molecule has 0 saturated carbocycles. The molecule has 0 amide bonds. The van der Waals surface area contributed by atoms with Crippen molar-refractivity contribution in [3.8, 4) is 0 Å². The van der Waals surface area contributed by atoms with Crippen LogP contribution in [0, 0.1) is 5.92 Å². The molecule has 14 heavy (non-hydrogen) atoms. The van der Waals surface area contributed by atoms with Gasteiger partial charge >= 0.3 is 5.97 Å². The number of aromatic nitrogens is 2. The Kier molecular flexibility index (Phi) is 3.01. The van der Waals surface area contributed by atoms with Crippen LogP contribution in [0.15, 0.2) is 12.4 Å². The van der Waals surface area contributed by atoms with E-state index in [9.17, 15) is 9.59 Å². The molecule has 1 heterocycles. The summed E-state index contributed by atoms with van der Waals surface area (Å²) in [5.74, 6) is -1.96. The van der Waals surface area contributed by atoms with Gasteiger partial charge < -0.3 is 5.11 Å². The molecule has 0 saturated heterocycles. The number of ketones is 1. The lowest BCUT2D eigenvalue weighted by atomic mass is 10.2. The van der Waals surface area contributed by atoms with E-state index in [1.165, 1.54) is 12.4 Å². The largest absolute Gasteiger partial charge is 0.475 e. The van der Waals surface area contributed by atoms with Crippen molar-refractivity contribution in [2.45, 2.75) is 20.4 Å². The number of carboxylic acid groups (broad SMARTS) is 1. The van der Waals surface area contributed by atoms with Crippen LogP contribution < -0.4 is 0 Å². The van der Waals surface area contributed by atoms with Gasteiger partial charge in [-0.3, -0.25) is 9.48 Å². The normalized spacial score (nSPS) is 10.5. The average molecular weight is 196 g/mol. The lowest BCUT2D eigenvalue weighted by Gasteiger charge is -2.02. The van der Waals surface area contributed by atoms with E-state index in [4.69, 9.17) is 5.11 Å². The summed E-state index contributed by atoms with van der Waals surface area (Å²) < 4.78 is 1.57. The van der Waals surface area contributed by atoms with Crippen molar-refractivity contribution in [1.82, 2.24) is 9.78 Å². The van der Waals surface area contributed by atoms with E-state index < -0.39 is 11.8 Å². The highest BCUT2D eigenvalue weighted by molar-refractivity contribution is 6.39. The predicted molar refractivity (Wildman–Crippen MR) is 49.0 cm³/mol. The van der Waals surface area contributed by atoms with Crippen molar-refractivity contribution in [1.29, 1.82) is 0 Å². The third kappa shape index (κ3) is 2.42. The van der Waals surface area contributed by atoms with Crippen molar-refractivity contribution in [3.63, 3.8) is 0 Å². The number of carboxylic acids is 1. The maximum absolute atomic E-state index is 11.0. The summed E-state index contributed by atoms with van der Waals surface area (Å²) in [5, 5.41) is 12.3.